The molecule has 0 spiro atoms. The lowest BCUT2D eigenvalue weighted by Crippen LogP contribution is -2.42. The highest BCUT2D eigenvalue weighted by Crippen LogP contribution is 2.45. The Morgan fingerprint density at radius 2 is 1.65 bits per heavy atom. The van der Waals surface area contributed by atoms with Gasteiger partial charge in [0.25, 0.3) is 11.7 Å². The number of rotatable bonds is 10. The Kier molecular flexibility index (Phi) is 9.16. The maximum Gasteiger partial charge on any atom is 0.295 e. The van der Waals surface area contributed by atoms with E-state index in [1.54, 1.807) is 26.0 Å². The maximum atomic E-state index is 14.9. The molecule has 4 rings (SSSR count). The fourth-order valence-electron chi connectivity index (χ4n) is 4.94. The molecule has 40 heavy (non-hydrogen) atoms. The van der Waals surface area contributed by atoms with E-state index >= 15 is 0 Å². The number of carbonyl (C=O) groups excluding carboxylic acids is 2. The molecule has 2 aromatic rings. The molecule has 0 saturated carbocycles. The van der Waals surface area contributed by atoms with Crippen LogP contribution >= 0.6 is 0 Å². The molecule has 2 aliphatic rings. The zero-order valence-electron chi connectivity index (χ0n) is 23.4. The summed E-state index contributed by atoms with van der Waals surface area (Å²) in [5.74, 6) is -1.87. The van der Waals surface area contributed by atoms with Crippen molar-refractivity contribution in [1.82, 2.24) is 9.80 Å². The Morgan fingerprint density at radius 3 is 2.20 bits per heavy atom. The molecule has 0 aliphatic carbocycles. The fourth-order valence-corrected chi connectivity index (χ4v) is 4.94. The zero-order valence-corrected chi connectivity index (χ0v) is 23.4. The van der Waals surface area contributed by atoms with Crippen molar-refractivity contribution in [2.24, 2.45) is 0 Å². The predicted molar refractivity (Wildman–Crippen MR) is 145 cm³/mol. The summed E-state index contributed by atoms with van der Waals surface area (Å²) in [6.45, 7) is 6.79. The second kappa shape index (κ2) is 12.6. The van der Waals surface area contributed by atoms with Crippen molar-refractivity contribution >= 4 is 17.4 Å². The van der Waals surface area contributed by atoms with Gasteiger partial charge in [0, 0.05) is 31.7 Å². The number of likely N-dealkylation sites (tertiary alicyclic amines) is 1. The lowest BCUT2D eigenvalue weighted by molar-refractivity contribution is -0.140. The Balaban J connectivity index is 1.83. The molecule has 1 N–H and O–H groups in total. The number of carbonyl (C=O) groups is 2. The van der Waals surface area contributed by atoms with Gasteiger partial charge in [0.15, 0.2) is 23.1 Å². The van der Waals surface area contributed by atoms with Crippen LogP contribution in [0.3, 0.4) is 0 Å². The van der Waals surface area contributed by atoms with E-state index in [0.29, 0.717) is 55.7 Å². The Bertz CT molecular complexity index is 1260. The van der Waals surface area contributed by atoms with Gasteiger partial charge in [-0.25, -0.2) is 4.39 Å². The van der Waals surface area contributed by atoms with Gasteiger partial charge < -0.3 is 33.7 Å². The van der Waals surface area contributed by atoms with Gasteiger partial charge in [-0.1, -0.05) is 0 Å². The third-order valence-corrected chi connectivity index (χ3v) is 6.87. The van der Waals surface area contributed by atoms with Crippen molar-refractivity contribution < 1.29 is 42.8 Å². The van der Waals surface area contributed by atoms with E-state index in [1.807, 2.05) is 0 Å². The van der Waals surface area contributed by atoms with Crippen LogP contribution < -0.4 is 18.9 Å². The number of halogens is 1. The first-order valence-corrected chi connectivity index (χ1v) is 13.0. The second-order valence-electron chi connectivity index (χ2n) is 9.72. The van der Waals surface area contributed by atoms with Gasteiger partial charge in [-0.05, 0) is 49.7 Å². The molecule has 10 nitrogen and oxygen atoms in total. The Morgan fingerprint density at radius 1 is 1.00 bits per heavy atom. The highest BCUT2D eigenvalue weighted by Gasteiger charge is 2.46. The largest absolute Gasteiger partial charge is 0.507 e. The summed E-state index contributed by atoms with van der Waals surface area (Å²) in [4.78, 5) is 30.4. The van der Waals surface area contributed by atoms with Crippen LogP contribution in [0.25, 0.3) is 5.76 Å². The van der Waals surface area contributed by atoms with Crippen molar-refractivity contribution in [3.05, 3.63) is 52.8 Å². The number of hydrogen-bond acceptors (Lipinski definition) is 9. The summed E-state index contributed by atoms with van der Waals surface area (Å²) in [7, 11) is 4.38. The number of ketones is 1. The number of morpholine rings is 1. The molecule has 1 atom stereocenters. The van der Waals surface area contributed by atoms with Crippen LogP contribution in [-0.2, 0) is 14.3 Å². The minimum atomic E-state index is -0.996. The molecule has 2 aromatic carbocycles. The summed E-state index contributed by atoms with van der Waals surface area (Å²) in [5.41, 5.74) is 0.327. The van der Waals surface area contributed by atoms with Gasteiger partial charge in [-0.3, -0.25) is 14.5 Å². The van der Waals surface area contributed by atoms with Crippen LogP contribution in [0, 0.1) is 5.82 Å². The lowest BCUT2D eigenvalue weighted by atomic mass is 9.94. The summed E-state index contributed by atoms with van der Waals surface area (Å²) >= 11 is 0. The van der Waals surface area contributed by atoms with Gasteiger partial charge >= 0.3 is 0 Å². The normalized spacial score (nSPS) is 19.3. The average molecular weight is 559 g/mol. The second-order valence-corrected chi connectivity index (χ2v) is 9.72. The quantitative estimate of drug-likeness (QED) is 0.267. The van der Waals surface area contributed by atoms with E-state index < -0.39 is 29.3 Å². The van der Waals surface area contributed by atoms with Gasteiger partial charge in [0.1, 0.15) is 5.76 Å². The van der Waals surface area contributed by atoms with Crippen molar-refractivity contribution in [3.63, 3.8) is 0 Å². The number of aliphatic hydroxyl groups excluding tert-OH is 1. The topological polar surface area (TPSA) is 107 Å². The molecule has 1 amide bonds. The summed E-state index contributed by atoms with van der Waals surface area (Å²) in [5, 5.41) is 11.4. The monoisotopic (exact) mass is 558 g/mol. The summed E-state index contributed by atoms with van der Waals surface area (Å²) < 4.78 is 42.2. The molecule has 2 heterocycles. The van der Waals surface area contributed by atoms with Crippen molar-refractivity contribution in [3.8, 4) is 23.0 Å². The predicted octanol–water partition coefficient (Wildman–Crippen LogP) is 3.39. The third-order valence-electron chi connectivity index (χ3n) is 6.87. The first-order chi connectivity index (χ1) is 19.2. The molecule has 0 radical (unpaired) electrons. The van der Waals surface area contributed by atoms with Crippen molar-refractivity contribution in [2.75, 3.05) is 60.7 Å². The molecule has 0 bridgehead atoms. The summed E-state index contributed by atoms with van der Waals surface area (Å²) in [6, 6.07) is 6.18. The molecule has 2 saturated heterocycles. The van der Waals surface area contributed by atoms with Crippen LogP contribution in [0.1, 0.15) is 31.0 Å². The number of benzene rings is 2. The number of nitrogens with zero attached hydrogens (tertiary/aromatic N) is 2. The highest BCUT2D eigenvalue weighted by molar-refractivity contribution is 6.46. The third kappa shape index (κ3) is 5.85. The van der Waals surface area contributed by atoms with E-state index in [2.05, 4.69) is 4.90 Å². The smallest absolute Gasteiger partial charge is 0.295 e. The molecule has 0 unspecified atom stereocenters. The van der Waals surface area contributed by atoms with Crippen LogP contribution in [0.5, 0.6) is 23.0 Å². The van der Waals surface area contributed by atoms with Crippen LogP contribution in [0.4, 0.5) is 4.39 Å². The number of amides is 1. The minimum absolute atomic E-state index is 0.0127. The van der Waals surface area contributed by atoms with E-state index in [0.717, 1.165) is 6.07 Å². The maximum absolute atomic E-state index is 14.9. The lowest BCUT2D eigenvalue weighted by Gasteiger charge is -2.31. The fraction of sp³-hybridized carbons (Fsp3) is 0.448. The van der Waals surface area contributed by atoms with Crippen LogP contribution in [0.15, 0.2) is 35.9 Å². The minimum Gasteiger partial charge on any atom is -0.507 e. The standard InChI is InChI=1S/C29H35FN2O8/c1-17(2)40-21-7-6-18(14-20(21)30)26(33)24-25(19-15-22(36-3)28(38-5)23(16-19)37-4)32(29(35)27(24)34)9-8-31-10-12-39-13-11-31/h6-7,14-17,25,33H,8-13H2,1-5H3/b26-24+/t25-/m0/s1. The molecule has 11 heteroatoms. The molecule has 216 valence electrons. The van der Waals surface area contributed by atoms with E-state index in [9.17, 15) is 19.1 Å². The first-order valence-electron chi connectivity index (χ1n) is 13.0. The van der Waals surface area contributed by atoms with Gasteiger partial charge in [-0.15, -0.1) is 0 Å². The average Bonchev–Trinajstić information content (AvgIpc) is 3.21. The van der Waals surface area contributed by atoms with Crippen LogP contribution in [0.2, 0.25) is 0 Å². The van der Waals surface area contributed by atoms with Gasteiger partial charge in [0.05, 0.1) is 52.3 Å². The first kappa shape index (κ1) is 29.2. The van der Waals surface area contributed by atoms with E-state index in [4.69, 9.17) is 23.7 Å². The molecular formula is C29H35FN2O8. The number of aliphatic hydroxyl groups is 1. The van der Waals surface area contributed by atoms with Gasteiger partial charge in [0.2, 0.25) is 5.75 Å². The summed E-state index contributed by atoms with van der Waals surface area (Å²) in [6.07, 6.45) is -0.259. The van der Waals surface area contributed by atoms with Crippen LogP contribution in [-0.4, -0.2) is 93.4 Å². The molecule has 2 fully saturated rings. The Hall–Kier alpha value is -3.83. The number of hydrogen-bond donors (Lipinski definition) is 1. The molecule has 2 aliphatic heterocycles. The van der Waals surface area contributed by atoms with Crippen molar-refractivity contribution in [1.29, 1.82) is 0 Å². The number of methoxy groups -OCH3 is 3. The highest BCUT2D eigenvalue weighted by atomic mass is 19.1. The molecule has 0 aromatic heterocycles. The Labute approximate surface area is 232 Å². The zero-order chi connectivity index (χ0) is 29.0. The SMILES string of the molecule is COc1cc([C@H]2/C(=C(\O)c3ccc(OC(C)C)c(F)c3)C(=O)C(=O)N2CCN2CCOCC2)cc(OC)c1OC. The number of ether oxygens (including phenoxy) is 5. The van der Waals surface area contributed by atoms with Crippen molar-refractivity contribution in [2.45, 2.75) is 26.0 Å². The van der Waals surface area contributed by atoms with E-state index in [-0.39, 0.29) is 29.5 Å². The van der Waals surface area contributed by atoms with Gasteiger partial charge in [-0.2, -0.15) is 0 Å². The molecular weight excluding hydrogens is 523 g/mol. The number of Topliss-reactive ketones (excluding diaryl/α,β-unsaturated/α-hetero) is 1. The van der Waals surface area contributed by atoms with E-state index in [1.165, 1.54) is 38.4 Å².